The van der Waals surface area contributed by atoms with Crippen LogP contribution in [0.3, 0.4) is 0 Å². The molecule has 0 saturated carbocycles. The summed E-state index contributed by atoms with van der Waals surface area (Å²) in [4.78, 5) is 30.6. The van der Waals surface area contributed by atoms with Crippen LogP contribution < -0.4 is 16.0 Å². The summed E-state index contributed by atoms with van der Waals surface area (Å²) in [6.07, 6.45) is 0. The molecule has 7 nitrogen and oxygen atoms in total. The van der Waals surface area contributed by atoms with Crippen molar-refractivity contribution in [2.45, 2.75) is 20.4 Å². The smallest absolute Gasteiger partial charge is 0.332 e. The van der Waals surface area contributed by atoms with Gasteiger partial charge in [0.25, 0.3) is 5.56 Å². The van der Waals surface area contributed by atoms with Gasteiger partial charge in [0, 0.05) is 24.1 Å². The van der Waals surface area contributed by atoms with Crippen molar-refractivity contribution >= 4 is 34.4 Å². The third kappa shape index (κ3) is 3.75. The fourth-order valence-corrected chi connectivity index (χ4v) is 3.86. The minimum Gasteiger partial charge on any atom is -0.425 e. The molecule has 0 fully saturated rings. The summed E-state index contributed by atoms with van der Waals surface area (Å²) in [7, 11) is 3.25. The molecule has 160 valence electrons. The zero-order chi connectivity index (χ0) is 22.4. The molecule has 2 heterocycles. The number of nitrogens with zero attached hydrogens (tertiary/aromatic N) is 4. The van der Waals surface area contributed by atoms with Crippen molar-refractivity contribution in [3.05, 3.63) is 84.0 Å². The van der Waals surface area contributed by atoms with Crippen LogP contribution in [0.4, 0.5) is 0 Å². The van der Waals surface area contributed by atoms with Crippen LogP contribution in [0.2, 0.25) is 10.0 Å². The first-order chi connectivity index (χ1) is 14.7. The Morgan fingerprint density at radius 1 is 1.00 bits per heavy atom. The number of aromatic nitrogens is 4. The van der Waals surface area contributed by atoms with Gasteiger partial charge in [0.2, 0.25) is 0 Å². The predicted molar refractivity (Wildman–Crippen MR) is 122 cm³/mol. The van der Waals surface area contributed by atoms with Crippen molar-refractivity contribution in [1.29, 1.82) is 0 Å². The van der Waals surface area contributed by atoms with Gasteiger partial charge in [-0.2, -0.15) is 4.98 Å². The first kappa shape index (κ1) is 21.2. The van der Waals surface area contributed by atoms with Crippen LogP contribution in [0.1, 0.15) is 16.7 Å². The minimum atomic E-state index is -0.500. The molecule has 2 aromatic carbocycles. The number of halogens is 2. The number of rotatable bonds is 4. The first-order valence-electron chi connectivity index (χ1n) is 9.52. The Morgan fingerprint density at radius 2 is 1.74 bits per heavy atom. The van der Waals surface area contributed by atoms with E-state index in [-0.39, 0.29) is 23.7 Å². The molecular formula is C22H20Cl2N4O3. The van der Waals surface area contributed by atoms with Gasteiger partial charge in [0.1, 0.15) is 5.75 Å². The summed E-state index contributed by atoms with van der Waals surface area (Å²) >= 11 is 12.2. The Bertz CT molecular complexity index is 1450. The highest BCUT2D eigenvalue weighted by atomic mass is 35.5. The number of fused-ring (bicyclic) bond motifs is 1. The lowest BCUT2D eigenvalue weighted by molar-refractivity contribution is 0.424. The maximum absolute atomic E-state index is 13.3. The zero-order valence-corrected chi connectivity index (χ0v) is 19.0. The Balaban J connectivity index is 1.86. The van der Waals surface area contributed by atoms with Crippen molar-refractivity contribution in [2.75, 3.05) is 0 Å². The average Bonchev–Trinajstić information content (AvgIpc) is 3.04. The highest BCUT2D eigenvalue weighted by Gasteiger charge is 2.20. The van der Waals surface area contributed by atoms with Gasteiger partial charge in [0.05, 0.1) is 6.54 Å². The van der Waals surface area contributed by atoms with E-state index in [1.165, 1.54) is 4.57 Å². The van der Waals surface area contributed by atoms with Gasteiger partial charge in [-0.3, -0.25) is 18.5 Å². The lowest BCUT2D eigenvalue weighted by Gasteiger charge is -2.10. The summed E-state index contributed by atoms with van der Waals surface area (Å²) in [5.74, 6) is 0.636. The third-order valence-electron chi connectivity index (χ3n) is 5.21. The standard InChI is InChI=1S/C22H20Cl2N4O3/c1-12-5-6-13(2)17(9-12)31-21-25-19-18(26(21)3)20(29)28(22(30)27(19)4)11-14-7-8-15(23)10-16(14)24/h5-10H,11H2,1-4H3. The van der Waals surface area contributed by atoms with Gasteiger partial charge in [-0.15, -0.1) is 0 Å². The molecule has 0 aliphatic heterocycles. The molecule has 4 aromatic rings. The summed E-state index contributed by atoms with van der Waals surface area (Å²) in [6, 6.07) is 11.0. The van der Waals surface area contributed by atoms with Crippen LogP contribution in [0, 0.1) is 13.8 Å². The molecule has 0 aliphatic rings. The van der Waals surface area contributed by atoms with Crippen LogP contribution >= 0.6 is 23.2 Å². The molecule has 0 atom stereocenters. The van der Waals surface area contributed by atoms with Crippen molar-refractivity contribution < 1.29 is 4.74 Å². The van der Waals surface area contributed by atoms with Gasteiger partial charge >= 0.3 is 11.7 Å². The Hall–Kier alpha value is -3.03. The highest BCUT2D eigenvalue weighted by Crippen LogP contribution is 2.27. The van der Waals surface area contributed by atoms with Gasteiger partial charge in [-0.05, 0) is 48.7 Å². The second-order valence-corrected chi connectivity index (χ2v) is 8.31. The molecule has 0 aliphatic carbocycles. The van der Waals surface area contributed by atoms with Crippen LogP contribution in [-0.2, 0) is 20.6 Å². The quantitative estimate of drug-likeness (QED) is 0.459. The fraction of sp³-hybridized carbons (Fsp3) is 0.227. The van der Waals surface area contributed by atoms with Gasteiger partial charge in [0.15, 0.2) is 11.2 Å². The average molecular weight is 459 g/mol. The topological polar surface area (TPSA) is 71.1 Å². The van der Waals surface area contributed by atoms with E-state index in [1.807, 2.05) is 32.0 Å². The zero-order valence-electron chi connectivity index (χ0n) is 17.4. The second-order valence-electron chi connectivity index (χ2n) is 7.47. The lowest BCUT2D eigenvalue weighted by atomic mass is 10.1. The van der Waals surface area contributed by atoms with Crippen LogP contribution in [-0.4, -0.2) is 18.7 Å². The molecule has 0 unspecified atom stereocenters. The molecule has 9 heteroatoms. The van der Waals surface area contributed by atoms with Crippen molar-refractivity contribution in [3.8, 4) is 11.8 Å². The number of hydrogen-bond donors (Lipinski definition) is 0. The molecule has 0 bridgehead atoms. The maximum atomic E-state index is 13.3. The Kier molecular flexibility index (Phi) is 5.41. The molecule has 0 radical (unpaired) electrons. The van der Waals surface area contributed by atoms with E-state index in [1.54, 1.807) is 36.9 Å². The fourth-order valence-electron chi connectivity index (χ4n) is 3.39. The molecular weight excluding hydrogens is 439 g/mol. The van der Waals surface area contributed by atoms with Crippen molar-refractivity contribution in [1.82, 2.24) is 18.7 Å². The Labute approximate surface area is 188 Å². The number of aryl methyl sites for hydroxylation is 4. The van der Waals surface area contributed by atoms with Crippen molar-refractivity contribution in [3.63, 3.8) is 0 Å². The largest absolute Gasteiger partial charge is 0.425 e. The molecule has 31 heavy (non-hydrogen) atoms. The Morgan fingerprint density at radius 3 is 2.45 bits per heavy atom. The predicted octanol–water partition coefficient (Wildman–Crippen LogP) is 4.20. The number of imidazole rings is 1. The van der Waals surface area contributed by atoms with E-state index < -0.39 is 11.2 Å². The molecule has 0 amide bonds. The first-order valence-corrected chi connectivity index (χ1v) is 10.3. The van der Waals surface area contributed by atoms with E-state index in [2.05, 4.69) is 4.98 Å². The lowest BCUT2D eigenvalue weighted by Crippen LogP contribution is -2.39. The van der Waals surface area contributed by atoms with Gasteiger partial charge < -0.3 is 4.74 Å². The van der Waals surface area contributed by atoms with E-state index in [0.717, 1.165) is 15.7 Å². The van der Waals surface area contributed by atoms with Gasteiger partial charge in [-0.25, -0.2) is 4.79 Å². The number of benzene rings is 2. The molecule has 0 spiro atoms. The SMILES string of the molecule is Cc1ccc(C)c(Oc2nc3c(c(=O)n(Cc4ccc(Cl)cc4Cl)c(=O)n3C)n2C)c1. The number of ether oxygens (including phenoxy) is 1. The van der Waals surface area contributed by atoms with Crippen LogP contribution in [0.15, 0.2) is 46.0 Å². The summed E-state index contributed by atoms with van der Waals surface area (Å²) < 4.78 is 10.0. The highest BCUT2D eigenvalue weighted by molar-refractivity contribution is 6.35. The monoisotopic (exact) mass is 458 g/mol. The van der Waals surface area contributed by atoms with E-state index >= 15 is 0 Å². The van der Waals surface area contributed by atoms with Crippen LogP contribution in [0.25, 0.3) is 11.2 Å². The summed E-state index contributed by atoms with van der Waals surface area (Å²) in [5, 5.41) is 0.856. The van der Waals surface area contributed by atoms with Gasteiger partial charge in [-0.1, -0.05) is 41.4 Å². The summed E-state index contributed by atoms with van der Waals surface area (Å²) in [6.45, 7) is 3.90. The third-order valence-corrected chi connectivity index (χ3v) is 5.79. The molecule has 0 N–H and O–H groups in total. The van der Waals surface area contributed by atoms with Crippen LogP contribution in [0.5, 0.6) is 11.8 Å². The van der Waals surface area contributed by atoms with Crippen molar-refractivity contribution in [2.24, 2.45) is 14.1 Å². The minimum absolute atomic E-state index is 0.00973. The van der Waals surface area contributed by atoms with E-state index in [9.17, 15) is 9.59 Å². The molecule has 0 saturated heterocycles. The molecule has 4 rings (SSSR count). The maximum Gasteiger partial charge on any atom is 0.332 e. The normalized spacial score (nSPS) is 11.3. The van der Waals surface area contributed by atoms with E-state index in [4.69, 9.17) is 27.9 Å². The van der Waals surface area contributed by atoms with E-state index in [0.29, 0.717) is 21.4 Å². The summed E-state index contributed by atoms with van der Waals surface area (Å²) in [5.41, 5.74) is 2.10. The second kappa shape index (κ2) is 7.90. The molecule has 2 aromatic heterocycles. The number of hydrogen-bond acceptors (Lipinski definition) is 4.